The molecule has 0 N–H and O–H groups in total. The summed E-state index contributed by atoms with van der Waals surface area (Å²) in [6.45, 7) is 6.48. The number of methoxy groups -OCH3 is 1. The van der Waals surface area contributed by atoms with Crippen molar-refractivity contribution in [2.75, 3.05) is 12.0 Å². The van der Waals surface area contributed by atoms with Gasteiger partial charge in [-0.15, -0.1) is 0 Å². The Morgan fingerprint density at radius 1 is 1.27 bits per heavy atom. The lowest BCUT2D eigenvalue weighted by Crippen LogP contribution is -2.32. The maximum atomic E-state index is 13.2. The van der Waals surface area contributed by atoms with Gasteiger partial charge >= 0.3 is 0 Å². The van der Waals surface area contributed by atoms with Crippen LogP contribution in [0, 0.1) is 5.92 Å². The number of rotatable bonds is 6. The Morgan fingerprint density at radius 2 is 2.07 bits per heavy atom. The highest BCUT2D eigenvalue weighted by atomic mass is 16.5. The Balaban J connectivity index is 1.73. The van der Waals surface area contributed by atoms with Crippen molar-refractivity contribution in [1.82, 2.24) is 0 Å². The van der Waals surface area contributed by atoms with E-state index in [1.165, 1.54) is 0 Å². The number of anilines is 1. The van der Waals surface area contributed by atoms with Crippen molar-refractivity contribution in [3.8, 4) is 11.5 Å². The third kappa shape index (κ3) is 4.13. The third-order valence-electron chi connectivity index (χ3n) is 5.52. The molecule has 4 heteroatoms. The summed E-state index contributed by atoms with van der Waals surface area (Å²) in [6.07, 6.45) is 10.1. The van der Waals surface area contributed by atoms with E-state index in [9.17, 15) is 4.79 Å². The largest absolute Gasteiger partial charge is 0.492 e. The maximum Gasteiger partial charge on any atom is 0.230 e. The van der Waals surface area contributed by atoms with Crippen molar-refractivity contribution in [3.05, 3.63) is 65.2 Å². The second-order valence-corrected chi connectivity index (χ2v) is 8.51. The highest BCUT2D eigenvalue weighted by Crippen LogP contribution is 2.42. The van der Waals surface area contributed by atoms with Crippen molar-refractivity contribution in [2.24, 2.45) is 5.92 Å². The van der Waals surface area contributed by atoms with Crippen LogP contribution in [-0.2, 0) is 11.3 Å². The molecule has 4 nitrogen and oxygen atoms in total. The summed E-state index contributed by atoms with van der Waals surface area (Å²) in [5, 5.41) is 0. The van der Waals surface area contributed by atoms with Gasteiger partial charge in [-0.3, -0.25) is 4.79 Å². The number of carbonyl (C=O) groups is 1. The minimum absolute atomic E-state index is 0.122. The summed E-state index contributed by atoms with van der Waals surface area (Å²) < 4.78 is 12.0. The summed E-state index contributed by atoms with van der Waals surface area (Å²) in [7, 11) is 1.66. The van der Waals surface area contributed by atoms with E-state index in [2.05, 4.69) is 12.1 Å². The lowest BCUT2D eigenvalue weighted by Gasteiger charge is -2.31. The zero-order chi connectivity index (χ0) is 21.3. The molecular formula is C26H29NO3. The molecule has 0 unspecified atom stereocenters. The first-order valence-corrected chi connectivity index (χ1v) is 10.5. The molecule has 0 radical (unpaired) electrons. The van der Waals surface area contributed by atoms with Crippen molar-refractivity contribution in [3.63, 3.8) is 0 Å². The quantitative estimate of drug-likeness (QED) is 0.607. The monoisotopic (exact) mass is 403 g/mol. The van der Waals surface area contributed by atoms with Gasteiger partial charge in [0.05, 0.1) is 13.7 Å². The molecule has 2 aromatic carbocycles. The summed E-state index contributed by atoms with van der Waals surface area (Å²) in [6, 6.07) is 12.2. The fourth-order valence-electron chi connectivity index (χ4n) is 3.80. The van der Waals surface area contributed by atoms with E-state index in [0.29, 0.717) is 12.3 Å². The van der Waals surface area contributed by atoms with Crippen LogP contribution < -0.4 is 14.4 Å². The van der Waals surface area contributed by atoms with E-state index >= 15 is 0 Å². The first kappa shape index (κ1) is 20.3. The number of fused-ring (bicyclic) bond motifs is 1. The van der Waals surface area contributed by atoms with E-state index < -0.39 is 5.60 Å². The molecule has 2 aromatic rings. The molecule has 0 bridgehead atoms. The molecule has 1 aliphatic heterocycles. The van der Waals surface area contributed by atoms with Crippen LogP contribution in [-0.4, -0.2) is 18.6 Å². The number of hydrogen-bond acceptors (Lipinski definition) is 3. The van der Waals surface area contributed by atoms with Crippen molar-refractivity contribution in [1.29, 1.82) is 0 Å². The van der Waals surface area contributed by atoms with E-state index in [-0.39, 0.29) is 11.8 Å². The molecule has 0 atom stereocenters. The number of benzene rings is 2. The van der Waals surface area contributed by atoms with E-state index in [1.54, 1.807) is 7.11 Å². The summed E-state index contributed by atoms with van der Waals surface area (Å²) >= 11 is 0. The predicted octanol–water partition coefficient (Wildman–Crippen LogP) is 5.86. The number of nitrogens with zero attached hydrogens (tertiary/aromatic N) is 1. The number of allylic oxidation sites excluding steroid dienone is 1. The SMILES string of the molecule is C/C=C/c1cccc(N(Cc2ccc3c(c2OC)OC(C)(C)C=C3)C(=O)C2CC2)c1. The highest BCUT2D eigenvalue weighted by molar-refractivity contribution is 5.96. The van der Waals surface area contributed by atoms with Gasteiger partial charge in [0.25, 0.3) is 0 Å². The summed E-state index contributed by atoms with van der Waals surface area (Å²) in [5.41, 5.74) is 3.51. The average Bonchev–Trinajstić information content (AvgIpc) is 3.56. The molecule has 1 aliphatic carbocycles. The number of ether oxygens (including phenoxy) is 2. The molecule has 1 saturated carbocycles. The van der Waals surface area contributed by atoms with Crippen molar-refractivity contribution >= 4 is 23.7 Å². The van der Waals surface area contributed by atoms with Crippen LogP contribution in [0.3, 0.4) is 0 Å². The predicted molar refractivity (Wildman–Crippen MR) is 122 cm³/mol. The number of carbonyl (C=O) groups excluding carboxylic acids is 1. The Labute approximate surface area is 178 Å². The lowest BCUT2D eigenvalue weighted by atomic mass is 9.99. The topological polar surface area (TPSA) is 38.8 Å². The normalized spacial score (nSPS) is 16.8. The van der Waals surface area contributed by atoms with Crippen molar-refractivity contribution < 1.29 is 14.3 Å². The molecule has 0 spiro atoms. The van der Waals surface area contributed by atoms with Gasteiger partial charge in [0.2, 0.25) is 5.91 Å². The Kier molecular flexibility index (Phi) is 5.42. The fraction of sp³-hybridized carbons (Fsp3) is 0.346. The number of amides is 1. The van der Waals surface area contributed by atoms with Gasteiger partial charge in [0.1, 0.15) is 5.60 Å². The van der Waals surface area contributed by atoms with Crippen LogP contribution in [0.5, 0.6) is 11.5 Å². The zero-order valence-corrected chi connectivity index (χ0v) is 18.1. The molecule has 30 heavy (non-hydrogen) atoms. The van der Waals surface area contributed by atoms with Gasteiger partial charge in [-0.05, 0) is 57.4 Å². The number of hydrogen-bond donors (Lipinski definition) is 0. The molecule has 156 valence electrons. The Bertz CT molecular complexity index is 1010. The first-order valence-electron chi connectivity index (χ1n) is 10.5. The molecule has 4 rings (SSSR count). The van der Waals surface area contributed by atoms with E-state index in [1.807, 2.05) is 74.2 Å². The minimum Gasteiger partial charge on any atom is -0.492 e. The van der Waals surface area contributed by atoms with Gasteiger partial charge in [0.15, 0.2) is 11.5 Å². The van der Waals surface area contributed by atoms with Crippen LogP contribution in [0.4, 0.5) is 5.69 Å². The molecule has 0 saturated heterocycles. The van der Waals surface area contributed by atoms with Crippen LogP contribution in [0.1, 0.15) is 50.3 Å². The van der Waals surface area contributed by atoms with Gasteiger partial charge in [0, 0.05) is 22.7 Å². The second kappa shape index (κ2) is 8.02. The molecule has 1 heterocycles. The lowest BCUT2D eigenvalue weighted by molar-refractivity contribution is -0.119. The van der Waals surface area contributed by atoms with E-state index in [4.69, 9.17) is 9.47 Å². The van der Waals surface area contributed by atoms with Crippen LogP contribution >= 0.6 is 0 Å². The zero-order valence-electron chi connectivity index (χ0n) is 18.1. The van der Waals surface area contributed by atoms with Gasteiger partial charge in [-0.25, -0.2) is 0 Å². The first-order chi connectivity index (χ1) is 14.4. The van der Waals surface area contributed by atoms with Gasteiger partial charge < -0.3 is 14.4 Å². The van der Waals surface area contributed by atoms with Crippen LogP contribution in [0.15, 0.2) is 48.6 Å². The Morgan fingerprint density at radius 3 is 2.77 bits per heavy atom. The molecular weight excluding hydrogens is 374 g/mol. The van der Waals surface area contributed by atoms with Crippen molar-refractivity contribution in [2.45, 2.75) is 45.8 Å². The second-order valence-electron chi connectivity index (χ2n) is 8.51. The van der Waals surface area contributed by atoms with Gasteiger partial charge in [-0.1, -0.05) is 42.5 Å². The van der Waals surface area contributed by atoms with Crippen LogP contribution in [0.2, 0.25) is 0 Å². The van der Waals surface area contributed by atoms with Gasteiger partial charge in [-0.2, -0.15) is 0 Å². The molecule has 1 fully saturated rings. The minimum atomic E-state index is -0.400. The third-order valence-corrected chi connectivity index (χ3v) is 5.52. The van der Waals surface area contributed by atoms with E-state index in [0.717, 1.165) is 41.0 Å². The standard InChI is InChI=1S/C26H29NO3/c1-5-7-18-8-6-9-22(16-18)27(25(28)20-11-12-20)17-21-13-10-19-14-15-26(2,3)30-24(19)23(21)29-4/h5-10,13-16,20H,11-12,17H2,1-4H3/b7-5+. The summed E-state index contributed by atoms with van der Waals surface area (Å²) in [4.78, 5) is 15.1. The fourth-order valence-corrected chi connectivity index (χ4v) is 3.80. The highest BCUT2D eigenvalue weighted by Gasteiger charge is 2.35. The average molecular weight is 404 g/mol. The van der Waals surface area contributed by atoms with Crippen LogP contribution in [0.25, 0.3) is 12.2 Å². The molecule has 2 aliphatic rings. The maximum absolute atomic E-state index is 13.2. The Hall–Kier alpha value is -3.01. The molecule has 1 amide bonds. The smallest absolute Gasteiger partial charge is 0.230 e. The summed E-state index contributed by atoms with van der Waals surface area (Å²) in [5.74, 6) is 1.73. The molecule has 0 aromatic heterocycles.